The van der Waals surface area contributed by atoms with Gasteiger partial charge in [0.2, 0.25) is 0 Å². The normalized spacial score (nSPS) is 11.7. The summed E-state index contributed by atoms with van der Waals surface area (Å²) in [7, 11) is 0. The zero-order chi connectivity index (χ0) is 15.2. The van der Waals surface area contributed by atoms with Gasteiger partial charge in [-0.1, -0.05) is 30.3 Å². The molecule has 5 heteroatoms. The number of aryl methyl sites for hydroxylation is 1. The van der Waals surface area contributed by atoms with E-state index in [4.69, 9.17) is 4.74 Å². The molecule has 110 valence electrons. The van der Waals surface area contributed by atoms with E-state index in [2.05, 4.69) is 5.32 Å². The quantitative estimate of drug-likeness (QED) is 0.864. The molecule has 1 atom stereocenters. The van der Waals surface area contributed by atoms with Gasteiger partial charge in [0.25, 0.3) is 5.91 Å². The molecule has 1 aromatic heterocycles. The van der Waals surface area contributed by atoms with Gasteiger partial charge in [-0.15, -0.1) is 11.3 Å². The first-order valence-electron chi connectivity index (χ1n) is 6.63. The first-order chi connectivity index (χ1) is 10.1. The van der Waals surface area contributed by atoms with Crippen LogP contribution in [0.3, 0.4) is 0 Å². The molecule has 0 aliphatic rings. The zero-order valence-corrected chi connectivity index (χ0v) is 12.8. The Hall–Kier alpha value is -2.14. The summed E-state index contributed by atoms with van der Waals surface area (Å²) in [5, 5.41) is 4.62. The molecular weight excluding hydrogens is 286 g/mol. The van der Waals surface area contributed by atoms with Crippen molar-refractivity contribution in [2.75, 3.05) is 6.61 Å². The van der Waals surface area contributed by atoms with Crippen LogP contribution >= 0.6 is 11.3 Å². The number of thiophene rings is 1. The number of nitrogens with one attached hydrogen (secondary N) is 1. The van der Waals surface area contributed by atoms with Crippen LogP contribution in [0.1, 0.15) is 33.8 Å². The van der Waals surface area contributed by atoms with Gasteiger partial charge in [-0.05, 0) is 36.4 Å². The Labute approximate surface area is 127 Å². The van der Waals surface area contributed by atoms with Gasteiger partial charge >= 0.3 is 5.97 Å². The molecule has 0 aliphatic heterocycles. The maximum Gasteiger partial charge on any atom is 0.349 e. The van der Waals surface area contributed by atoms with Gasteiger partial charge in [0.15, 0.2) is 6.61 Å². The van der Waals surface area contributed by atoms with Crippen molar-refractivity contribution in [2.24, 2.45) is 0 Å². The molecule has 1 aromatic carbocycles. The summed E-state index contributed by atoms with van der Waals surface area (Å²) in [6.07, 6.45) is 0. The lowest BCUT2D eigenvalue weighted by atomic mass is 10.1. The average Bonchev–Trinajstić information content (AvgIpc) is 2.92. The van der Waals surface area contributed by atoms with Gasteiger partial charge in [-0.2, -0.15) is 0 Å². The molecule has 21 heavy (non-hydrogen) atoms. The van der Waals surface area contributed by atoms with Crippen LogP contribution in [0, 0.1) is 6.92 Å². The average molecular weight is 303 g/mol. The van der Waals surface area contributed by atoms with Gasteiger partial charge in [0.1, 0.15) is 4.88 Å². The molecule has 0 saturated heterocycles. The molecule has 4 nitrogen and oxygen atoms in total. The molecule has 0 saturated carbocycles. The van der Waals surface area contributed by atoms with Crippen LogP contribution in [0.5, 0.6) is 0 Å². The molecular formula is C16H17NO3S. The van der Waals surface area contributed by atoms with Crippen molar-refractivity contribution < 1.29 is 14.3 Å². The fourth-order valence-corrected chi connectivity index (χ4v) is 2.70. The second kappa shape index (κ2) is 7.04. The first-order valence-corrected chi connectivity index (χ1v) is 7.51. The van der Waals surface area contributed by atoms with Crippen LogP contribution in [0.15, 0.2) is 41.8 Å². The number of ether oxygens (including phenoxy) is 1. The van der Waals surface area contributed by atoms with Crippen LogP contribution in [0.25, 0.3) is 0 Å². The lowest BCUT2D eigenvalue weighted by molar-refractivity contribution is -0.124. The third-order valence-corrected chi connectivity index (χ3v) is 4.06. The highest BCUT2D eigenvalue weighted by atomic mass is 32.1. The monoisotopic (exact) mass is 303 g/mol. The second-order valence-corrected chi connectivity index (χ2v) is 5.62. The minimum Gasteiger partial charge on any atom is -0.451 e. The third-order valence-electron chi connectivity index (χ3n) is 3.06. The van der Waals surface area contributed by atoms with E-state index in [1.54, 1.807) is 0 Å². The van der Waals surface area contributed by atoms with Crippen molar-refractivity contribution in [1.29, 1.82) is 0 Å². The van der Waals surface area contributed by atoms with Crippen LogP contribution in [0.4, 0.5) is 0 Å². The molecule has 2 rings (SSSR count). The van der Waals surface area contributed by atoms with Crippen molar-refractivity contribution in [2.45, 2.75) is 19.9 Å². The van der Waals surface area contributed by atoms with E-state index in [-0.39, 0.29) is 18.6 Å². The Morgan fingerprint density at radius 3 is 2.57 bits per heavy atom. The molecule has 1 N–H and O–H groups in total. The smallest absolute Gasteiger partial charge is 0.349 e. The summed E-state index contributed by atoms with van der Waals surface area (Å²) in [5.41, 5.74) is 1.87. The van der Waals surface area contributed by atoms with Gasteiger partial charge in [-0.25, -0.2) is 4.79 Å². The predicted molar refractivity (Wildman–Crippen MR) is 82.3 cm³/mol. The van der Waals surface area contributed by atoms with Crippen LogP contribution < -0.4 is 5.32 Å². The number of esters is 1. The molecule has 0 spiro atoms. The number of carbonyl (C=O) groups is 2. The zero-order valence-electron chi connectivity index (χ0n) is 12.0. The van der Waals surface area contributed by atoms with Crippen LogP contribution in [-0.2, 0) is 9.53 Å². The van der Waals surface area contributed by atoms with Gasteiger partial charge in [-0.3, -0.25) is 4.79 Å². The Morgan fingerprint density at radius 2 is 1.95 bits per heavy atom. The standard InChI is InChI=1S/C16H17NO3S/c1-11-8-9-21-15(11)16(19)20-10-14(18)17-12(2)13-6-4-3-5-7-13/h3-9,12H,10H2,1-2H3,(H,17,18). The van der Waals surface area contributed by atoms with Crippen LogP contribution in [-0.4, -0.2) is 18.5 Å². The van der Waals surface area contributed by atoms with Crippen molar-refractivity contribution in [1.82, 2.24) is 5.32 Å². The first kappa shape index (κ1) is 15.3. The van der Waals surface area contributed by atoms with E-state index in [1.165, 1.54) is 11.3 Å². The predicted octanol–water partition coefficient (Wildman–Crippen LogP) is 3.09. The van der Waals surface area contributed by atoms with E-state index >= 15 is 0 Å². The Morgan fingerprint density at radius 1 is 1.24 bits per heavy atom. The molecule has 1 unspecified atom stereocenters. The Kier molecular flexibility index (Phi) is 5.11. The van der Waals surface area contributed by atoms with Crippen molar-refractivity contribution in [3.05, 3.63) is 57.8 Å². The number of hydrogen-bond acceptors (Lipinski definition) is 4. The largest absolute Gasteiger partial charge is 0.451 e. The maximum absolute atomic E-state index is 11.8. The molecule has 1 amide bonds. The lowest BCUT2D eigenvalue weighted by Crippen LogP contribution is -2.31. The Balaban J connectivity index is 1.83. The minimum atomic E-state index is -0.454. The lowest BCUT2D eigenvalue weighted by Gasteiger charge is -2.14. The third kappa shape index (κ3) is 4.16. The van der Waals surface area contributed by atoms with Gasteiger partial charge in [0.05, 0.1) is 6.04 Å². The van der Waals surface area contributed by atoms with E-state index in [0.717, 1.165) is 11.1 Å². The van der Waals surface area contributed by atoms with E-state index in [0.29, 0.717) is 4.88 Å². The molecule has 0 aliphatic carbocycles. The minimum absolute atomic E-state index is 0.124. The highest BCUT2D eigenvalue weighted by Crippen LogP contribution is 2.16. The van der Waals surface area contributed by atoms with E-state index in [1.807, 2.05) is 55.6 Å². The summed E-state index contributed by atoms with van der Waals surface area (Å²) in [6.45, 7) is 3.45. The summed E-state index contributed by atoms with van der Waals surface area (Å²) in [5.74, 6) is -0.765. The number of amides is 1. The molecule has 0 fully saturated rings. The number of hydrogen-bond donors (Lipinski definition) is 1. The summed E-state index contributed by atoms with van der Waals surface area (Å²) < 4.78 is 5.03. The fourth-order valence-electron chi connectivity index (χ4n) is 1.89. The maximum atomic E-state index is 11.8. The topological polar surface area (TPSA) is 55.4 Å². The highest BCUT2D eigenvalue weighted by molar-refractivity contribution is 7.12. The summed E-state index contributed by atoms with van der Waals surface area (Å²) in [4.78, 5) is 24.1. The van der Waals surface area contributed by atoms with E-state index < -0.39 is 5.97 Å². The highest BCUT2D eigenvalue weighted by Gasteiger charge is 2.15. The summed E-state index contributed by atoms with van der Waals surface area (Å²) in [6, 6.07) is 11.3. The molecule has 1 heterocycles. The van der Waals surface area contributed by atoms with Crippen LogP contribution in [0.2, 0.25) is 0 Å². The van der Waals surface area contributed by atoms with Crippen molar-refractivity contribution in [3.8, 4) is 0 Å². The number of carbonyl (C=O) groups excluding carboxylic acids is 2. The summed E-state index contributed by atoms with van der Waals surface area (Å²) >= 11 is 1.31. The van der Waals surface area contributed by atoms with Gasteiger partial charge in [0, 0.05) is 0 Å². The molecule has 2 aromatic rings. The molecule has 0 bridgehead atoms. The van der Waals surface area contributed by atoms with Gasteiger partial charge < -0.3 is 10.1 Å². The molecule has 0 radical (unpaired) electrons. The van der Waals surface area contributed by atoms with Crippen molar-refractivity contribution >= 4 is 23.2 Å². The Bertz CT molecular complexity index is 621. The fraction of sp³-hybridized carbons (Fsp3) is 0.250. The SMILES string of the molecule is Cc1ccsc1C(=O)OCC(=O)NC(C)c1ccccc1. The number of rotatable bonds is 5. The second-order valence-electron chi connectivity index (χ2n) is 4.71. The van der Waals surface area contributed by atoms with E-state index in [9.17, 15) is 9.59 Å². The van der Waals surface area contributed by atoms with Crippen molar-refractivity contribution in [3.63, 3.8) is 0 Å². The number of benzene rings is 1.